The number of hydrogen-bond donors (Lipinski definition) is 1. The fourth-order valence-corrected chi connectivity index (χ4v) is 6.04. The molecular formula is C22H29NO6S. The van der Waals surface area contributed by atoms with Gasteiger partial charge in [0.1, 0.15) is 4.90 Å². The molecule has 2 aromatic carbocycles. The van der Waals surface area contributed by atoms with Crippen molar-refractivity contribution >= 4 is 9.84 Å². The average Bonchev–Trinajstić information content (AvgIpc) is 2.83. The number of rotatable bonds is 7. The van der Waals surface area contributed by atoms with Crippen molar-refractivity contribution in [3.05, 3.63) is 47.5 Å². The van der Waals surface area contributed by atoms with Gasteiger partial charge in [-0.15, -0.1) is 0 Å². The number of ether oxygens (including phenoxy) is 3. The van der Waals surface area contributed by atoms with E-state index >= 15 is 0 Å². The number of benzene rings is 2. The van der Waals surface area contributed by atoms with Crippen molar-refractivity contribution < 1.29 is 27.8 Å². The Morgan fingerprint density at radius 3 is 2.30 bits per heavy atom. The molecule has 0 aromatic heterocycles. The molecule has 30 heavy (non-hydrogen) atoms. The summed E-state index contributed by atoms with van der Waals surface area (Å²) in [5.41, 5.74) is 1.17. The van der Waals surface area contributed by atoms with Gasteiger partial charge in [-0.1, -0.05) is 50.1 Å². The molecule has 0 radical (unpaired) electrons. The van der Waals surface area contributed by atoms with E-state index < -0.39 is 21.9 Å². The van der Waals surface area contributed by atoms with Crippen molar-refractivity contribution in [3.63, 3.8) is 0 Å². The van der Waals surface area contributed by atoms with Gasteiger partial charge in [0, 0.05) is 5.56 Å². The summed E-state index contributed by atoms with van der Waals surface area (Å²) >= 11 is 0. The first kappa shape index (κ1) is 22.4. The van der Waals surface area contributed by atoms with Crippen LogP contribution < -0.4 is 14.2 Å². The molecule has 2 atom stereocenters. The minimum atomic E-state index is -3.79. The first-order valence-electron chi connectivity index (χ1n) is 9.97. The van der Waals surface area contributed by atoms with Gasteiger partial charge >= 0.3 is 0 Å². The maximum absolute atomic E-state index is 13.5. The van der Waals surface area contributed by atoms with Crippen LogP contribution in [-0.2, 0) is 9.84 Å². The van der Waals surface area contributed by atoms with Gasteiger partial charge in [0.2, 0.25) is 5.75 Å². The zero-order chi connectivity index (χ0) is 21.9. The number of sulfone groups is 1. The lowest BCUT2D eigenvalue weighted by Gasteiger charge is -2.31. The van der Waals surface area contributed by atoms with Crippen LogP contribution in [0.3, 0.4) is 0 Å². The topological polar surface area (TPSA) is 85.3 Å². The molecule has 0 amide bonds. The predicted molar refractivity (Wildman–Crippen MR) is 113 cm³/mol. The largest absolute Gasteiger partial charge is 0.493 e. The van der Waals surface area contributed by atoms with E-state index in [1.165, 1.54) is 26.4 Å². The number of unbranched alkanes of at least 4 members (excludes halogenated alkanes) is 1. The van der Waals surface area contributed by atoms with Gasteiger partial charge in [-0.05, 0) is 18.1 Å². The first-order chi connectivity index (χ1) is 14.4. The molecule has 8 heteroatoms. The van der Waals surface area contributed by atoms with Crippen LogP contribution in [-0.4, -0.2) is 51.8 Å². The van der Waals surface area contributed by atoms with Crippen LogP contribution in [0.15, 0.2) is 41.3 Å². The standard InChI is InChI=1S/C22H29NO6S/c1-5-6-12-16-14-30(25,26)22-17(13-18(27-2)20(28-3)21(22)29-4)19(23(16)24)15-10-8-7-9-11-15/h7-11,13,16,19,24H,5-6,12,14H2,1-4H3/t16-,19-/m1/s1. The van der Waals surface area contributed by atoms with Crippen molar-refractivity contribution in [2.24, 2.45) is 0 Å². The SMILES string of the molecule is CCCC[C@@H]1CS(=O)(=O)c2c(cc(OC)c(OC)c2OC)[C@@H](c2ccccc2)N1O. The maximum atomic E-state index is 13.5. The summed E-state index contributed by atoms with van der Waals surface area (Å²) in [5.74, 6) is 0.429. The van der Waals surface area contributed by atoms with E-state index in [9.17, 15) is 13.6 Å². The van der Waals surface area contributed by atoms with Gasteiger partial charge in [0.05, 0.1) is 39.2 Å². The fraction of sp³-hybridized carbons (Fsp3) is 0.455. The molecule has 0 saturated heterocycles. The van der Waals surface area contributed by atoms with Gasteiger partial charge < -0.3 is 19.4 Å². The number of methoxy groups -OCH3 is 3. The summed E-state index contributed by atoms with van der Waals surface area (Å²) in [7, 11) is 0.526. The van der Waals surface area contributed by atoms with Crippen molar-refractivity contribution in [2.75, 3.05) is 27.1 Å². The lowest BCUT2D eigenvalue weighted by atomic mass is 9.95. The average molecular weight is 436 g/mol. The highest BCUT2D eigenvalue weighted by atomic mass is 32.2. The smallest absolute Gasteiger partial charge is 0.204 e. The van der Waals surface area contributed by atoms with E-state index in [1.807, 2.05) is 37.3 Å². The Balaban J connectivity index is 2.36. The molecule has 0 aliphatic carbocycles. The molecule has 0 unspecified atom stereocenters. The molecule has 0 saturated carbocycles. The molecule has 1 aliphatic heterocycles. The molecule has 0 bridgehead atoms. The van der Waals surface area contributed by atoms with Crippen LogP contribution in [0.1, 0.15) is 43.4 Å². The summed E-state index contributed by atoms with van der Waals surface area (Å²) in [6, 6.07) is 9.71. The Hall–Kier alpha value is -2.29. The van der Waals surface area contributed by atoms with Crippen LogP contribution in [0.5, 0.6) is 17.2 Å². The highest BCUT2D eigenvalue weighted by Crippen LogP contribution is 2.50. The second kappa shape index (κ2) is 9.24. The molecular weight excluding hydrogens is 406 g/mol. The normalized spacial score (nSPS) is 20.8. The minimum absolute atomic E-state index is 0.0366. The fourth-order valence-electron chi connectivity index (χ4n) is 4.06. The van der Waals surface area contributed by atoms with Crippen molar-refractivity contribution in [1.29, 1.82) is 0 Å². The van der Waals surface area contributed by atoms with Crippen molar-refractivity contribution in [3.8, 4) is 17.2 Å². The van der Waals surface area contributed by atoms with E-state index in [2.05, 4.69) is 0 Å². The monoisotopic (exact) mass is 435 g/mol. The lowest BCUT2D eigenvalue weighted by Crippen LogP contribution is -2.38. The molecule has 2 aromatic rings. The van der Waals surface area contributed by atoms with Crippen LogP contribution in [0.25, 0.3) is 0 Å². The summed E-state index contributed by atoms with van der Waals surface area (Å²) in [6.07, 6.45) is 2.26. The lowest BCUT2D eigenvalue weighted by molar-refractivity contribution is -0.147. The molecule has 0 spiro atoms. The Labute approximate surface area is 178 Å². The predicted octanol–water partition coefficient (Wildman–Crippen LogP) is 3.84. The highest BCUT2D eigenvalue weighted by Gasteiger charge is 2.42. The van der Waals surface area contributed by atoms with Gasteiger partial charge in [0.25, 0.3) is 0 Å². The third-order valence-corrected chi connectivity index (χ3v) is 7.34. The first-order valence-corrected chi connectivity index (χ1v) is 11.6. The molecule has 0 fully saturated rings. The van der Waals surface area contributed by atoms with E-state index in [4.69, 9.17) is 14.2 Å². The zero-order valence-electron chi connectivity index (χ0n) is 17.8. The van der Waals surface area contributed by atoms with Gasteiger partial charge in [-0.3, -0.25) is 0 Å². The number of hydroxylamine groups is 2. The van der Waals surface area contributed by atoms with E-state index in [0.717, 1.165) is 18.4 Å². The summed E-state index contributed by atoms with van der Waals surface area (Å²) in [4.78, 5) is 0.0366. The Bertz CT molecular complexity index is 977. The molecule has 7 nitrogen and oxygen atoms in total. The minimum Gasteiger partial charge on any atom is -0.493 e. The highest BCUT2D eigenvalue weighted by molar-refractivity contribution is 7.91. The Morgan fingerprint density at radius 2 is 1.73 bits per heavy atom. The molecule has 164 valence electrons. The Morgan fingerprint density at radius 1 is 1.07 bits per heavy atom. The quantitative estimate of drug-likeness (QED) is 0.707. The van der Waals surface area contributed by atoms with E-state index in [-0.39, 0.29) is 22.1 Å². The summed E-state index contributed by atoms with van der Waals surface area (Å²) in [5, 5.41) is 12.5. The maximum Gasteiger partial charge on any atom is 0.204 e. The van der Waals surface area contributed by atoms with E-state index in [1.54, 1.807) is 6.07 Å². The van der Waals surface area contributed by atoms with Gasteiger partial charge in [-0.25, -0.2) is 8.42 Å². The zero-order valence-corrected chi connectivity index (χ0v) is 18.6. The van der Waals surface area contributed by atoms with Crippen LogP contribution in [0.4, 0.5) is 0 Å². The third kappa shape index (κ3) is 3.99. The number of hydrogen-bond acceptors (Lipinski definition) is 7. The third-order valence-electron chi connectivity index (χ3n) is 5.48. The van der Waals surface area contributed by atoms with E-state index in [0.29, 0.717) is 17.7 Å². The van der Waals surface area contributed by atoms with Crippen LogP contribution in [0.2, 0.25) is 0 Å². The van der Waals surface area contributed by atoms with Gasteiger partial charge in [-0.2, -0.15) is 5.06 Å². The van der Waals surface area contributed by atoms with Crippen molar-refractivity contribution in [2.45, 2.75) is 43.2 Å². The second-order valence-corrected chi connectivity index (χ2v) is 9.31. The van der Waals surface area contributed by atoms with Gasteiger partial charge in [0.15, 0.2) is 21.3 Å². The molecule has 1 aliphatic rings. The molecule has 1 N–H and O–H groups in total. The molecule has 1 heterocycles. The van der Waals surface area contributed by atoms with Crippen LogP contribution >= 0.6 is 0 Å². The van der Waals surface area contributed by atoms with Crippen LogP contribution in [0, 0.1) is 0 Å². The second-order valence-electron chi connectivity index (χ2n) is 7.33. The molecule has 3 rings (SSSR count). The van der Waals surface area contributed by atoms with Crippen molar-refractivity contribution in [1.82, 2.24) is 5.06 Å². The number of fused-ring (bicyclic) bond motifs is 1. The number of nitrogens with zero attached hydrogens (tertiary/aromatic N) is 1. The Kier molecular flexibility index (Phi) is 6.90. The summed E-state index contributed by atoms with van der Waals surface area (Å²) in [6.45, 7) is 2.04. The summed E-state index contributed by atoms with van der Waals surface area (Å²) < 4.78 is 43.5.